The van der Waals surface area contributed by atoms with Crippen molar-refractivity contribution in [1.29, 1.82) is 0 Å². The van der Waals surface area contributed by atoms with E-state index in [1.165, 1.54) is 0 Å². The molecule has 0 aliphatic rings. The first-order valence-corrected chi connectivity index (χ1v) is 11.4. The summed E-state index contributed by atoms with van der Waals surface area (Å²) in [6.45, 7) is 3.56. The lowest BCUT2D eigenvalue weighted by Gasteiger charge is -2.12. The number of unbranched alkanes of at least 4 members (excludes halogenated alkanes) is 3. The molecule has 110 valence electrons. The minimum Gasteiger partial charge on any atom is -0.270 e. The van der Waals surface area contributed by atoms with Gasteiger partial charge < -0.3 is 0 Å². The Kier molecular flexibility index (Phi) is 9.20. The van der Waals surface area contributed by atoms with E-state index in [0.717, 1.165) is 0 Å². The minimum atomic E-state index is -3.95. The van der Waals surface area contributed by atoms with Gasteiger partial charge in [-0.05, 0) is 24.2 Å². The fourth-order valence-electron chi connectivity index (χ4n) is 2.10. The van der Waals surface area contributed by atoms with Crippen LogP contribution in [0.5, 0.6) is 0 Å². The Balaban J connectivity index is 3.52. The van der Waals surface area contributed by atoms with E-state index < -0.39 is 17.5 Å². The molecule has 0 N–H and O–H groups in total. The Morgan fingerprint density at radius 1 is 0.556 bits per heavy atom. The molecule has 6 heteroatoms. The van der Waals surface area contributed by atoms with Crippen LogP contribution < -0.4 is 0 Å². The third kappa shape index (κ3) is 10.1. The third-order valence-corrected chi connectivity index (χ3v) is 7.70. The predicted octanol–water partition coefficient (Wildman–Crippen LogP) is 6.13. The SMILES string of the molecule is CCC[Si](F)(F)CCCCCC[Si](F)(F)CCC. The van der Waals surface area contributed by atoms with Gasteiger partial charge in [0.25, 0.3) is 0 Å². The van der Waals surface area contributed by atoms with E-state index in [0.29, 0.717) is 38.5 Å². The Labute approximate surface area is 111 Å². The van der Waals surface area contributed by atoms with E-state index in [1.54, 1.807) is 13.8 Å². The molecule has 0 spiro atoms. The molecule has 0 atom stereocenters. The average molecular weight is 303 g/mol. The highest BCUT2D eigenvalue weighted by atomic mass is 28.4. The Morgan fingerprint density at radius 3 is 1.17 bits per heavy atom. The van der Waals surface area contributed by atoms with Gasteiger partial charge in [-0.1, -0.05) is 52.4 Å². The van der Waals surface area contributed by atoms with Gasteiger partial charge in [0, 0.05) is 0 Å². The minimum absolute atomic E-state index is 0.0453. The topological polar surface area (TPSA) is 0 Å². The zero-order valence-corrected chi connectivity index (χ0v) is 13.6. The molecule has 0 radical (unpaired) electrons. The molecule has 0 nitrogen and oxygen atoms in total. The van der Waals surface area contributed by atoms with Gasteiger partial charge in [-0.15, -0.1) is 0 Å². The Hall–Kier alpha value is 0.154. The van der Waals surface area contributed by atoms with Gasteiger partial charge in [0.15, 0.2) is 0 Å². The monoisotopic (exact) mass is 302 g/mol. The van der Waals surface area contributed by atoms with Crippen molar-refractivity contribution < 1.29 is 16.4 Å². The van der Waals surface area contributed by atoms with Gasteiger partial charge in [0.2, 0.25) is 0 Å². The number of hydrogen-bond donors (Lipinski definition) is 0. The summed E-state index contributed by atoms with van der Waals surface area (Å²) in [6.07, 6.45) is 3.49. The zero-order chi connectivity index (χ0) is 14.1. The lowest BCUT2D eigenvalue weighted by atomic mass is 10.2. The van der Waals surface area contributed by atoms with Crippen LogP contribution in [-0.2, 0) is 0 Å². The van der Waals surface area contributed by atoms with Crippen molar-refractivity contribution in [2.75, 3.05) is 0 Å². The highest BCUT2D eigenvalue weighted by Gasteiger charge is 2.34. The zero-order valence-electron chi connectivity index (χ0n) is 11.6. The van der Waals surface area contributed by atoms with Crippen molar-refractivity contribution in [2.24, 2.45) is 0 Å². The van der Waals surface area contributed by atoms with Crippen LogP contribution in [0, 0.1) is 0 Å². The summed E-state index contributed by atoms with van der Waals surface area (Å²) < 4.78 is 53.0. The molecule has 0 bridgehead atoms. The van der Waals surface area contributed by atoms with Gasteiger partial charge in [-0.3, -0.25) is 16.4 Å². The third-order valence-electron chi connectivity index (χ3n) is 3.07. The van der Waals surface area contributed by atoms with Gasteiger partial charge in [-0.2, -0.15) is 0 Å². The highest BCUT2D eigenvalue weighted by molar-refractivity contribution is 6.66. The van der Waals surface area contributed by atoms with Gasteiger partial charge >= 0.3 is 17.5 Å². The maximum absolute atomic E-state index is 13.2. The lowest BCUT2D eigenvalue weighted by molar-refractivity contribution is 0.547. The summed E-state index contributed by atoms with van der Waals surface area (Å²) in [5.74, 6) is 0. The predicted molar refractivity (Wildman–Crippen MR) is 74.2 cm³/mol. The number of hydrogen-bond acceptors (Lipinski definition) is 0. The largest absolute Gasteiger partial charge is 0.425 e. The van der Waals surface area contributed by atoms with Crippen LogP contribution in [0.2, 0.25) is 24.2 Å². The van der Waals surface area contributed by atoms with Gasteiger partial charge in [0.1, 0.15) is 0 Å². The summed E-state index contributed by atoms with van der Waals surface area (Å²) in [5, 5.41) is 0. The van der Waals surface area contributed by atoms with Gasteiger partial charge in [-0.25, -0.2) is 0 Å². The molecule has 0 aromatic carbocycles. The summed E-state index contributed by atoms with van der Waals surface area (Å²) in [7, 11) is -7.90. The molecule has 0 unspecified atom stereocenters. The molecule has 0 rings (SSSR count). The van der Waals surface area contributed by atoms with Crippen LogP contribution in [0.25, 0.3) is 0 Å². The quantitative estimate of drug-likeness (QED) is 0.186. The van der Waals surface area contributed by atoms with E-state index in [4.69, 9.17) is 0 Å². The molecule has 0 fully saturated rings. The summed E-state index contributed by atoms with van der Waals surface area (Å²) >= 11 is 0. The van der Waals surface area contributed by atoms with E-state index in [-0.39, 0.29) is 24.2 Å². The number of rotatable bonds is 11. The number of halogens is 4. The molecule has 0 amide bonds. The first-order valence-electron chi connectivity index (χ1n) is 7.08. The van der Waals surface area contributed by atoms with Crippen LogP contribution in [0.3, 0.4) is 0 Å². The highest BCUT2D eigenvalue weighted by Crippen LogP contribution is 2.26. The summed E-state index contributed by atoms with van der Waals surface area (Å²) in [5.41, 5.74) is 0. The van der Waals surface area contributed by atoms with Crippen molar-refractivity contribution in [2.45, 2.75) is 76.5 Å². The van der Waals surface area contributed by atoms with Crippen molar-refractivity contribution >= 4 is 17.5 Å². The summed E-state index contributed by atoms with van der Waals surface area (Å²) in [6, 6.07) is 0.246. The molecule has 0 aliphatic heterocycles. The first-order chi connectivity index (χ1) is 8.33. The second kappa shape index (κ2) is 9.12. The molecule has 0 saturated heterocycles. The second-order valence-electron chi connectivity index (χ2n) is 5.13. The first kappa shape index (κ1) is 18.2. The van der Waals surface area contributed by atoms with Crippen LogP contribution >= 0.6 is 0 Å². The molecule has 0 heterocycles. The molecule has 0 saturated carbocycles. The van der Waals surface area contributed by atoms with Crippen molar-refractivity contribution in [3.05, 3.63) is 0 Å². The Bertz CT molecular complexity index is 188. The molecule has 18 heavy (non-hydrogen) atoms. The van der Waals surface area contributed by atoms with Gasteiger partial charge in [0.05, 0.1) is 0 Å². The standard InChI is InChI=1S/C12H26F4Si2/c1-3-9-17(13,14)11-7-5-6-8-12-18(15,16)10-4-2/h3-12H2,1-2H3. The average Bonchev–Trinajstić information content (AvgIpc) is 2.22. The van der Waals surface area contributed by atoms with Crippen LogP contribution in [0.15, 0.2) is 0 Å². The van der Waals surface area contributed by atoms with E-state index in [9.17, 15) is 16.4 Å². The lowest BCUT2D eigenvalue weighted by Crippen LogP contribution is -2.21. The molecule has 0 aliphatic carbocycles. The Morgan fingerprint density at radius 2 is 0.889 bits per heavy atom. The van der Waals surface area contributed by atoms with Crippen molar-refractivity contribution in [3.8, 4) is 0 Å². The van der Waals surface area contributed by atoms with Crippen molar-refractivity contribution in [1.82, 2.24) is 0 Å². The van der Waals surface area contributed by atoms with E-state index >= 15 is 0 Å². The maximum Gasteiger partial charge on any atom is 0.425 e. The van der Waals surface area contributed by atoms with E-state index in [2.05, 4.69) is 0 Å². The smallest absolute Gasteiger partial charge is 0.270 e. The van der Waals surface area contributed by atoms with E-state index in [1.807, 2.05) is 0 Å². The normalized spacial score (nSPS) is 13.0. The van der Waals surface area contributed by atoms with Crippen molar-refractivity contribution in [3.63, 3.8) is 0 Å². The van der Waals surface area contributed by atoms with Crippen LogP contribution in [-0.4, -0.2) is 17.5 Å². The maximum atomic E-state index is 13.2. The van der Waals surface area contributed by atoms with Crippen LogP contribution in [0.1, 0.15) is 52.4 Å². The fraction of sp³-hybridized carbons (Fsp3) is 1.00. The fourth-order valence-corrected chi connectivity index (χ4v) is 5.60. The molecule has 0 aromatic rings. The second-order valence-corrected chi connectivity index (χ2v) is 10.5. The summed E-state index contributed by atoms with van der Waals surface area (Å²) in [4.78, 5) is 0. The molecular weight excluding hydrogens is 276 g/mol. The van der Waals surface area contributed by atoms with Crippen LogP contribution in [0.4, 0.5) is 16.4 Å². The molecule has 0 aromatic heterocycles. The molecular formula is C12H26F4Si2.